The Morgan fingerprint density at radius 2 is 1.72 bits per heavy atom. The SMILES string of the molecule is O=C(c1ccc(-c2cnc3c(c2)N(Cc2ccccc2)CCN3)cc1)N1CCCC1CN1CCCC1. The zero-order chi connectivity index (χ0) is 24.3. The fraction of sp³-hybridized carbons (Fsp3) is 0.400. The maximum absolute atomic E-state index is 13.4. The predicted octanol–water partition coefficient (Wildman–Crippen LogP) is 4.88. The van der Waals surface area contributed by atoms with Gasteiger partial charge in [0.15, 0.2) is 0 Å². The smallest absolute Gasteiger partial charge is 0.254 e. The molecule has 0 radical (unpaired) electrons. The van der Waals surface area contributed by atoms with Crippen molar-refractivity contribution in [3.8, 4) is 11.1 Å². The van der Waals surface area contributed by atoms with E-state index < -0.39 is 0 Å². The Kier molecular flexibility index (Phi) is 6.60. The first-order valence-corrected chi connectivity index (χ1v) is 13.4. The summed E-state index contributed by atoms with van der Waals surface area (Å²) >= 11 is 0. The van der Waals surface area contributed by atoms with Gasteiger partial charge < -0.3 is 20.0 Å². The molecule has 1 unspecified atom stereocenters. The second-order valence-corrected chi connectivity index (χ2v) is 10.3. The Hall–Kier alpha value is -3.38. The number of nitrogens with zero attached hydrogens (tertiary/aromatic N) is 4. The Bertz CT molecular complexity index is 1190. The normalized spacial score (nSPS) is 19.8. The Morgan fingerprint density at radius 1 is 0.917 bits per heavy atom. The number of benzene rings is 2. The average Bonchev–Trinajstić information content (AvgIpc) is 3.62. The number of nitrogens with one attached hydrogen (secondary N) is 1. The summed E-state index contributed by atoms with van der Waals surface area (Å²) in [4.78, 5) is 25.1. The number of aromatic nitrogens is 1. The van der Waals surface area contributed by atoms with Gasteiger partial charge in [0.1, 0.15) is 5.82 Å². The van der Waals surface area contributed by atoms with E-state index in [-0.39, 0.29) is 5.91 Å². The van der Waals surface area contributed by atoms with Crippen LogP contribution in [-0.2, 0) is 6.54 Å². The van der Waals surface area contributed by atoms with Crippen molar-refractivity contribution in [1.82, 2.24) is 14.8 Å². The van der Waals surface area contributed by atoms with Crippen molar-refractivity contribution in [3.05, 3.63) is 78.0 Å². The summed E-state index contributed by atoms with van der Waals surface area (Å²) in [6.07, 6.45) is 6.74. The number of rotatable bonds is 6. The lowest BCUT2D eigenvalue weighted by Gasteiger charge is -2.31. The first-order valence-electron chi connectivity index (χ1n) is 13.4. The van der Waals surface area contributed by atoms with Gasteiger partial charge in [-0.3, -0.25) is 4.79 Å². The Morgan fingerprint density at radius 3 is 2.53 bits per heavy atom. The van der Waals surface area contributed by atoms with Crippen molar-refractivity contribution in [2.45, 2.75) is 38.3 Å². The van der Waals surface area contributed by atoms with Crippen LogP contribution in [0.15, 0.2) is 66.9 Å². The van der Waals surface area contributed by atoms with Crippen molar-refractivity contribution in [2.75, 3.05) is 49.5 Å². The first-order chi connectivity index (χ1) is 17.7. The van der Waals surface area contributed by atoms with Crippen LogP contribution in [0.1, 0.15) is 41.6 Å². The molecule has 6 heteroatoms. The highest BCUT2D eigenvalue weighted by atomic mass is 16.2. The highest BCUT2D eigenvalue weighted by Crippen LogP contribution is 2.33. The molecule has 3 aliphatic heterocycles. The third-order valence-electron chi connectivity index (χ3n) is 7.87. The van der Waals surface area contributed by atoms with Crippen LogP contribution in [0.3, 0.4) is 0 Å². The molecule has 0 bridgehead atoms. The van der Waals surface area contributed by atoms with Crippen LogP contribution in [-0.4, -0.2) is 66.0 Å². The number of amides is 1. The highest BCUT2D eigenvalue weighted by molar-refractivity contribution is 5.95. The van der Waals surface area contributed by atoms with Gasteiger partial charge in [-0.15, -0.1) is 0 Å². The van der Waals surface area contributed by atoms with Crippen LogP contribution in [0, 0.1) is 0 Å². The molecule has 1 N–H and O–H groups in total. The molecule has 0 saturated carbocycles. The molecule has 1 atom stereocenters. The number of hydrogen-bond acceptors (Lipinski definition) is 5. The fourth-order valence-corrected chi connectivity index (χ4v) is 5.91. The minimum Gasteiger partial charge on any atom is -0.367 e. The summed E-state index contributed by atoms with van der Waals surface area (Å²) < 4.78 is 0. The molecule has 2 fully saturated rings. The lowest BCUT2D eigenvalue weighted by atomic mass is 10.0. The molecule has 3 aliphatic rings. The molecule has 6 nitrogen and oxygen atoms in total. The Labute approximate surface area is 213 Å². The maximum atomic E-state index is 13.4. The monoisotopic (exact) mass is 481 g/mol. The van der Waals surface area contributed by atoms with Crippen LogP contribution in [0.5, 0.6) is 0 Å². The van der Waals surface area contributed by atoms with Gasteiger partial charge in [-0.2, -0.15) is 0 Å². The molecular formula is C30H35N5O. The quantitative estimate of drug-likeness (QED) is 0.544. The number of hydrogen-bond donors (Lipinski definition) is 1. The minimum absolute atomic E-state index is 0.171. The fourth-order valence-electron chi connectivity index (χ4n) is 5.91. The third kappa shape index (κ3) is 4.82. The lowest BCUT2D eigenvalue weighted by molar-refractivity contribution is 0.0709. The second-order valence-electron chi connectivity index (χ2n) is 10.3. The van der Waals surface area contributed by atoms with Gasteiger partial charge in [-0.25, -0.2) is 4.98 Å². The van der Waals surface area contributed by atoms with Gasteiger partial charge in [-0.05, 0) is 68.1 Å². The zero-order valence-corrected chi connectivity index (χ0v) is 20.9. The number of anilines is 2. The number of fused-ring (bicyclic) bond motifs is 1. The summed E-state index contributed by atoms with van der Waals surface area (Å²) in [6.45, 7) is 6.95. The van der Waals surface area contributed by atoms with Crippen molar-refractivity contribution in [1.29, 1.82) is 0 Å². The molecule has 1 aromatic heterocycles. The molecule has 1 amide bonds. The third-order valence-corrected chi connectivity index (χ3v) is 7.87. The largest absolute Gasteiger partial charge is 0.367 e. The lowest BCUT2D eigenvalue weighted by Crippen LogP contribution is -2.42. The maximum Gasteiger partial charge on any atom is 0.254 e. The topological polar surface area (TPSA) is 51.7 Å². The van der Waals surface area contributed by atoms with Crippen molar-refractivity contribution in [3.63, 3.8) is 0 Å². The van der Waals surface area contributed by atoms with Crippen molar-refractivity contribution in [2.24, 2.45) is 0 Å². The van der Waals surface area contributed by atoms with Crippen LogP contribution in [0.4, 0.5) is 11.5 Å². The number of likely N-dealkylation sites (tertiary alicyclic amines) is 2. The molecular weight excluding hydrogens is 446 g/mol. The summed E-state index contributed by atoms with van der Waals surface area (Å²) in [7, 11) is 0. The second kappa shape index (κ2) is 10.3. The minimum atomic E-state index is 0.171. The number of carbonyl (C=O) groups is 1. The van der Waals surface area contributed by atoms with E-state index in [0.717, 1.165) is 73.8 Å². The molecule has 0 aliphatic carbocycles. The summed E-state index contributed by atoms with van der Waals surface area (Å²) in [5.41, 5.74) is 5.36. The van der Waals surface area contributed by atoms with E-state index in [1.807, 2.05) is 18.3 Å². The highest BCUT2D eigenvalue weighted by Gasteiger charge is 2.31. The molecule has 6 rings (SSSR count). The van der Waals surface area contributed by atoms with Crippen LogP contribution in [0.25, 0.3) is 11.1 Å². The molecule has 3 aromatic rings. The first kappa shape index (κ1) is 23.0. The molecule has 36 heavy (non-hydrogen) atoms. The predicted molar refractivity (Wildman–Crippen MR) is 145 cm³/mol. The Balaban J connectivity index is 1.18. The molecule has 2 aromatic carbocycles. The van der Waals surface area contributed by atoms with Gasteiger partial charge in [-0.1, -0.05) is 42.5 Å². The number of pyridine rings is 1. The van der Waals surface area contributed by atoms with E-state index in [4.69, 9.17) is 4.98 Å². The van der Waals surface area contributed by atoms with Gasteiger partial charge in [0, 0.05) is 56.1 Å². The van der Waals surface area contributed by atoms with Crippen molar-refractivity contribution >= 4 is 17.4 Å². The van der Waals surface area contributed by atoms with E-state index >= 15 is 0 Å². The van der Waals surface area contributed by atoms with Gasteiger partial charge in [0.25, 0.3) is 5.91 Å². The summed E-state index contributed by atoms with van der Waals surface area (Å²) in [5, 5.41) is 3.44. The molecule has 0 spiro atoms. The molecule has 186 valence electrons. The van der Waals surface area contributed by atoms with Crippen LogP contribution >= 0.6 is 0 Å². The van der Waals surface area contributed by atoms with Crippen LogP contribution < -0.4 is 10.2 Å². The number of carbonyl (C=O) groups excluding carboxylic acids is 1. The zero-order valence-electron chi connectivity index (χ0n) is 20.9. The standard InChI is InChI=1S/C30H35N5O/c36-30(35-17-6-9-27(35)22-33-15-4-5-16-33)25-12-10-24(11-13-25)26-19-28-29(32-20-26)31-14-18-34(28)21-23-7-2-1-3-8-23/h1-3,7-8,10-13,19-20,27H,4-6,9,14-18,21-22H2,(H,31,32). The average molecular weight is 482 g/mol. The van der Waals surface area contributed by atoms with E-state index in [0.29, 0.717) is 6.04 Å². The van der Waals surface area contributed by atoms with E-state index in [1.54, 1.807) is 0 Å². The summed E-state index contributed by atoms with van der Waals surface area (Å²) in [5.74, 6) is 1.11. The van der Waals surface area contributed by atoms with E-state index in [9.17, 15) is 4.79 Å². The van der Waals surface area contributed by atoms with Gasteiger partial charge in [0.05, 0.1) is 5.69 Å². The summed E-state index contributed by atoms with van der Waals surface area (Å²) in [6, 6.07) is 21.3. The van der Waals surface area contributed by atoms with E-state index in [1.165, 1.54) is 31.5 Å². The van der Waals surface area contributed by atoms with Gasteiger partial charge >= 0.3 is 0 Å². The van der Waals surface area contributed by atoms with Crippen molar-refractivity contribution < 1.29 is 4.79 Å². The van der Waals surface area contributed by atoms with Crippen LogP contribution in [0.2, 0.25) is 0 Å². The van der Waals surface area contributed by atoms with Gasteiger partial charge in [0.2, 0.25) is 0 Å². The molecule has 2 saturated heterocycles. The van der Waals surface area contributed by atoms with E-state index in [2.05, 4.69) is 68.5 Å². The molecule has 4 heterocycles.